The lowest BCUT2D eigenvalue weighted by molar-refractivity contribution is -0.145. The molecule has 0 aromatic heterocycles. The molecule has 0 radical (unpaired) electrons. The van der Waals surface area contributed by atoms with Gasteiger partial charge in [-0.3, -0.25) is 9.59 Å². The average Bonchev–Trinajstić information content (AvgIpc) is 2.81. The molecule has 0 saturated carbocycles. The quantitative estimate of drug-likeness (QED) is 0.368. The van der Waals surface area contributed by atoms with Crippen molar-refractivity contribution in [1.82, 2.24) is 14.9 Å². The Morgan fingerprint density at radius 1 is 1.15 bits per heavy atom. The Hall–Kier alpha value is -2.76. The van der Waals surface area contributed by atoms with Crippen LogP contribution < -0.4 is 10.0 Å². The van der Waals surface area contributed by atoms with Crippen LogP contribution in [0.4, 0.5) is 0 Å². The van der Waals surface area contributed by atoms with Crippen molar-refractivity contribution in [1.29, 1.82) is 0 Å². The van der Waals surface area contributed by atoms with Crippen molar-refractivity contribution in [3.63, 3.8) is 0 Å². The number of rotatable bonds is 10. The van der Waals surface area contributed by atoms with Crippen molar-refractivity contribution in [2.75, 3.05) is 40.0 Å². The summed E-state index contributed by atoms with van der Waals surface area (Å²) in [5.41, 5.74) is 0.655. The van der Waals surface area contributed by atoms with E-state index >= 15 is 0 Å². The first-order valence-electron chi connectivity index (χ1n) is 10.6. The zero-order chi connectivity index (χ0) is 24.4. The van der Waals surface area contributed by atoms with Gasteiger partial charge in [-0.15, -0.1) is 0 Å². The molecule has 182 valence electrons. The van der Waals surface area contributed by atoms with Crippen LogP contribution in [-0.2, 0) is 33.9 Å². The Bertz CT molecular complexity index is 953. The molecule has 1 aromatic carbocycles. The number of methoxy groups -OCH3 is 1. The fourth-order valence-electron chi connectivity index (χ4n) is 3.13. The van der Waals surface area contributed by atoms with Gasteiger partial charge in [-0.1, -0.05) is 26.0 Å². The lowest BCUT2D eigenvalue weighted by Crippen LogP contribution is -2.46. The minimum atomic E-state index is -3.95. The van der Waals surface area contributed by atoms with Gasteiger partial charge < -0.3 is 19.7 Å². The second-order valence-electron chi connectivity index (χ2n) is 7.94. The molecule has 0 bridgehead atoms. The number of hydrogen-bond donors (Lipinski definition) is 2. The second-order valence-corrected chi connectivity index (χ2v) is 9.70. The topological polar surface area (TPSA) is 131 Å². The van der Waals surface area contributed by atoms with Gasteiger partial charge in [-0.2, -0.15) is 0 Å². The van der Waals surface area contributed by atoms with Gasteiger partial charge in [-0.25, -0.2) is 17.9 Å². The number of benzene rings is 1. The average molecular weight is 482 g/mol. The highest BCUT2D eigenvalue weighted by molar-refractivity contribution is 7.89. The molecule has 1 atom stereocenters. The third kappa shape index (κ3) is 8.60. The molecule has 2 amide bonds. The molecular formula is C22H31N3O7S. The standard InChI is InChI=1S/C22H31N3O7S/c1-16(2)14-19(22(28)31-3)24-20(26)15-23-33(29,30)18-7-4-17(5-8-18)6-9-21(27)25-10-12-32-13-11-25/h4-9,16,19,23H,10-15H2,1-3H3,(H,24,26)/b9-6+/t19-/m0/s1. The van der Waals surface area contributed by atoms with Crippen molar-refractivity contribution >= 4 is 33.9 Å². The summed E-state index contributed by atoms with van der Waals surface area (Å²) in [5, 5.41) is 2.49. The predicted octanol–water partition coefficient (Wildman–Crippen LogP) is 0.541. The van der Waals surface area contributed by atoms with E-state index in [1.807, 2.05) is 13.8 Å². The van der Waals surface area contributed by atoms with Crippen LogP contribution in [-0.4, -0.2) is 77.1 Å². The molecule has 0 aliphatic carbocycles. The lowest BCUT2D eigenvalue weighted by atomic mass is 10.0. The van der Waals surface area contributed by atoms with Gasteiger partial charge in [0.05, 0.1) is 31.8 Å². The molecule has 1 aromatic rings. The highest BCUT2D eigenvalue weighted by Crippen LogP contribution is 2.12. The molecule has 0 spiro atoms. The van der Waals surface area contributed by atoms with Crippen LogP contribution in [0.3, 0.4) is 0 Å². The number of carbonyl (C=O) groups excluding carboxylic acids is 3. The zero-order valence-corrected chi connectivity index (χ0v) is 19.9. The maximum atomic E-state index is 12.5. The van der Waals surface area contributed by atoms with Crippen LogP contribution in [0.2, 0.25) is 0 Å². The number of ether oxygens (including phenoxy) is 2. The zero-order valence-electron chi connectivity index (χ0n) is 19.1. The molecule has 0 unspecified atom stereocenters. The van der Waals surface area contributed by atoms with E-state index in [-0.39, 0.29) is 16.7 Å². The summed E-state index contributed by atoms with van der Waals surface area (Å²) < 4.78 is 37.1. The fourth-order valence-corrected chi connectivity index (χ4v) is 4.11. The lowest BCUT2D eigenvalue weighted by Gasteiger charge is -2.25. The maximum Gasteiger partial charge on any atom is 0.328 e. The first-order chi connectivity index (χ1) is 15.6. The van der Waals surface area contributed by atoms with E-state index in [2.05, 4.69) is 14.8 Å². The highest BCUT2D eigenvalue weighted by atomic mass is 32.2. The largest absolute Gasteiger partial charge is 0.467 e. The smallest absolute Gasteiger partial charge is 0.328 e. The summed E-state index contributed by atoms with van der Waals surface area (Å²) in [4.78, 5) is 37.8. The Morgan fingerprint density at radius 3 is 2.36 bits per heavy atom. The van der Waals surface area contributed by atoms with Gasteiger partial charge in [0.2, 0.25) is 21.8 Å². The maximum absolute atomic E-state index is 12.5. The van der Waals surface area contributed by atoms with Crippen LogP contribution in [0.25, 0.3) is 6.08 Å². The van der Waals surface area contributed by atoms with Gasteiger partial charge in [0.15, 0.2) is 0 Å². The molecular weight excluding hydrogens is 450 g/mol. The number of nitrogens with zero attached hydrogens (tertiary/aromatic N) is 1. The minimum absolute atomic E-state index is 0.0290. The Labute approximate surface area is 194 Å². The molecule has 11 heteroatoms. The number of carbonyl (C=O) groups is 3. The molecule has 1 saturated heterocycles. The summed E-state index contributed by atoms with van der Waals surface area (Å²) in [6.07, 6.45) is 3.41. The summed E-state index contributed by atoms with van der Waals surface area (Å²) in [6, 6.07) is 5.05. The molecule has 1 heterocycles. The van der Waals surface area contributed by atoms with E-state index in [0.29, 0.717) is 38.3 Å². The molecule has 33 heavy (non-hydrogen) atoms. The summed E-state index contributed by atoms with van der Waals surface area (Å²) in [7, 11) is -2.72. The monoisotopic (exact) mass is 481 g/mol. The van der Waals surface area contributed by atoms with Gasteiger partial charge in [0, 0.05) is 19.2 Å². The summed E-state index contributed by atoms with van der Waals surface area (Å²) in [6.45, 7) is 5.36. The highest BCUT2D eigenvalue weighted by Gasteiger charge is 2.23. The van der Waals surface area contributed by atoms with Crippen LogP contribution in [0, 0.1) is 5.92 Å². The first kappa shape index (κ1) is 26.5. The van der Waals surface area contributed by atoms with E-state index in [0.717, 1.165) is 0 Å². The second kappa shape index (κ2) is 12.5. The van der Waals surface area contributed by atoms with Crippen LogP contribution in [0.15, 0.2) is 35.2 Å². The van der Waals surface area contributed by atoms with Crippen molar-refractivity contribution in [3.8, 4) is 0 Å². The Balaban J connectivity index is 1.92. The van der Waals surface area contributed by atoms with Crippen molar-refractivity contribution in [3.05, 3.63) is 35.9 Å². The molecule has 1 aliphatic heterocycles. The van der Waals surface area contributed by atoms with Gasteiger partial charge in [-0.05, 0) is 36.1 Å². The van der Waals surface area contributed by atoms with Gasteiger partial charge in [0.25, 0.3) is 0 Å². The van der Waals surface area contributed by atoms with Gasteiger partial charge >= 0.3 is 5.97 Å². The number of amides is 2. The third-order valence-electron chi connectivity index (χ3n) is 4.88. The predicted molar refractivity (Wildman–Crippen MR) is 121 cm³/mol. The van der Waals surface area contributed by atoms with Gasteiger partial charge in [0.1, 0.15) is 6.04 Å². The van der Waals surface area contributed by atoms with E-state index < -0.39 is 34.5 Å². The fraction of sp³-hybridized carbons (Fsp3) is 0.500. The summed E-state index contributed by atoms with van der Waals surface area (Å²) in [5.74, 6) is -1.24. The number of morpholine rings is 1. The summed E-state index contributed by atoms with van der Waals surface area (Å²) >= 11 is 0. The number of nitrogens with one attached hydrogen (secondary N) is 2. The normalized spacial score (nSPS) is 15.5. The van der Waals surface area contributed by atoms with Crippen molar-refractivity contribution < 1.29 is 32.3 Å². The third-order valence-corrected chi connectivity index (χ3v) is 6.30. The number of esters is 1. The van der Waals surface area contributed by atoms with Crippen LogP contribution in [0.1, 0.15) is 25.8 Å². The molecule has 1 fully saturated rings. The number of sulfonamides is 1. The molecule has 1 aliphatic rings. The Morgan fingerprint density at radius 2 is 1.79 bits per heavy atom. The van der Waals surface area contributed by atoms with Crippen LogP contribution >= 0.6 is 0 Å². The SMILES string of the molecule is COC(=O)[C@H](CC(C)C)NC(=O)CNS(=O)(=O)c1ccc(/C=C/C(=O)N2CCOCC2)cc1. The van der Waals surface area contributed by atoms with Crippen LogP contribution in [0.5, 0.6) is 0 Å². The number of hydrogen-bond acceptors (Lipinski definition) is 7. The minimum Gasteiger partial charge on any atom is -0.467 e. The van der Waals surface area contributed by atoms with Crippen molar-refractivity contribution in [2.45, 2.75) is 31.2 Å². The van der Waals surface area contributed by atoms with Crippen molar-refractivity contribution in [2.24, 2.45) is 5.92 Å². The molecule has 2 N–H and O–H groups in total. The van der Waals surface area contributed by atoms with E-state index in [1.54, 1.807) is 23.1 Å². The van der Waals surface area contributed by atoms with E-state index in [1.165, 1.54) is 25.3 Å². The molecule has 2 rings (SSSR count). The molecule has 10 nitrogen and oxygen atoms in total. The van der Waals surface area contributed by atoms with E-state index in [4.69, 9.17) is 4.74 Å². The Kier molecular flexibility index (Phi) is 10.0. The first-order valence-corrected chi connectivity index (χ1v) is 12.1. The van der Waals surface area contributed by atoms with E-state index in [9.17, 15) is 22.8 Å².